The topological polar surface area (TPSA) is 84.3 Å². The highest BCUT2D eigenvalue weighted by Crippen LogP contribution is 2.27. The molecule has 1 N–H and O–H groups in total. The molecule has 1 aromatic heterocycles. The van der Waals surface area contributed by atoms with Gasteiger partial charge in [0.15, 0.2) is 5.16 Å². The minimum atomic E-state index is -3.55. The van der Waals surface area contributed by atoms with E-state index in [2.05, 4.69) is 10.3 Å². The predicted octanol–water partition coefficient (Wildman–Crippen LogP) is 3.80. The fourth-order valence-corrected chi connectivity index (χ4v) is 5.85. The number of rotatable bonds is 10. The highest BCUT2D eigenvalue weighted by molar-refractivity contribution is 7.99. The number of hydrogen-bond donors (Lipinski definition) is 1. The van der Waals surface area contributed by atoms with Crippen LogP contribution in [0.15, 0.2) is 52.5 Å². The van der Waals surface area contributed by atoms with E-state index in [1.807, 2.05) is 56.5 Å². The Hall–Kier alpha value is -2.36. The fraction of sp³-hybridized carbons (Fsp3) is 0.391. The molecule has 0 spiro atoms. The molecule has 0 unspecified atom stereocenters. The van der Waals surface area contributed by atoms with E-state index in [4.69, 9.17) is 0 Å². The number of aryl methyl sites for hydroxylation is 2. The molecule has 9 heteroatoms. The second kappa shape index (κ2) is 10.5. The summed E-state index contributed by atoms with van der Waals surface area (Å²) in [5.74, 6) is 0.162. The van der Waals surface area contributed by atoms with Crippen molar-refractivity contribution in [3.8, 4) is 0 Å². The van der Waals surface area contributed by atoms with Crippen molar-refractivity contribution < 1.29 is 13.2 Å². The number of amides is 1. The molecule has 0 saturated carbocycles. The third-order valence-electron chi connectivity index (χ3n) is 5.29. The Morgan fingerprint density at radius 1 is 1.09 bits per heavy atom. The Labute approximate surface area is 194 Å². The Morgan fingerprint density at radius 3 is 2.41 bits per heavy atom. The largest absolute Gasteiger partial charge is 0.351 e. The van der Waals surface area contributed by atoms with Crippen molar-refractivity contribution in [2.45, 2.75) is 50.8 Å². The molecular weight excluding hydrogens is 444 g/mol. The molecule has 0 radical (unpaired) electrons. The molecule has 172 valence electrons. The maximum atomic E-state index is 12.9. The van der Waals surface area contributed by atoms with Crippen molar-refractivity contribution in [1.82, 2.24) is 19.2 Å². The lowest BCUT2D eigenvalue weighted by Gasteiger charge is -2.18. The lowest BCUT2D eigenvalue weighted by atomic mass is 10.1. The second-order valence-corrected chi connectivity index (χ2v) is 10.3. The van der Waals surface area contributed by atoms with Gasteiger partial charge in [0.1, 0.15) is 0 Å². The molecule has 0 saturated heterocycles. The van der Waals surface area contributed by atoms with Crippen LogP contribution in [0.25, 0.3) is 11.0 Å². The third kappa shape index (κ3) is 5.33. The van der Waals surface area contributed by atoms with Crippen LogP contribution in [-0.4, -0.2) is 47.0 Å². The van der Waals surface area contributed by atoms with E-state index in [1.54, 1.807) is 18.2 Å². The quantitative estimate of drug-likeness (QED) is 0.452. The Balaban J connectivity index is 1.73. The highest BCUT2D eigenvalue weighted by atomic mass is 32.2. The molecule has 1 heterocycles. The molecule has 2 aromatic carbocycles. The Morgan fingerprint density at radius 2 is 1.78 bits per heavy atom. The number of fused-ring (bicyclic) bond motifs is 1. The van der Waals surface area contributed by atoms with Gasteiger partial charge in [-0.15, -0.1) is 0 Å². The monoisotopic (exact) mass is 474 g/mol. The number of aromatic nitrogens is 2. The first-order valence-corrected chi connectivity index (χ1v) is 13.2. The van der Waals surface area contributed by atoms with E-state index in [0.29, 0.717) is 36.9 Å². The smallest absolute Gasteiger partial charge is 0.243 e. The van der Waals surface area contributed by atoms with Gasteiger partial charge >= 0.3 is 0 Å². The second-order valence-electron chi connectivity index (χ2n) is 7.43. The van der Waals surface area contributed by atoms with Crippen molar-refractivity contribution in [2.24, 2.45) is 0 Å². The molecule has 32 heavy (non-hydrogen) atoms. The number of thioether (sulfide) groups is 1. The first kappa shape index (κ1) is 24.3. The van der Waals surface area contributed by atoms with Gasteiger partial charge in [0.05, 0.1) is 21.7 Å². The standard InChI is InChI=1S/C23H30N4O3S2/c1-5-26(6-2)32(29,30)19-12-13-21-20(14-19)25-23(27(21)7-3)31-16-22(28)24-15-18-10-8-17(4)9-11-18/h8-14H,5-7,15-16H2,1-4H3,(H,24,28). The van der Waals surface area contributed by atoms with E-state index in [-0.39, 0.29) is 16.6 Å². The van der Waals surface area contributed by atoms with E-state index < -0.39 is 10.0 Å². The van der Waals surface area contributed by atoms with Gasteiger partial charge in [-0.1, -0.05) is 55.4 Å². The van der Waals surface area contributed by atoms with Gasteiger partial charge in [-0.25, -0.2) is 13.4 Å². The van der Waals surface area contributed by atoms with Crippen molar-refractivity contribution in [1.29, 1.82) is 0 Å². The van der Waals surface area contributed by atoms with Gasteiger partial charge in [0.2, 0.25) is 15.9 Å². The summed E-state index contributed by atoms with van der Waals surface area (Å²) < 4.78 is 29.1. The minimum Gasteiger partial charge on any atom is -0.351 e. The van der Waals surface area contributed by atoms with Crippen molar-refractivity contribution in [3.63, 3.8) is 0 Å². The number of hydrogen-bond acceptors (Lipinski definition) is 5. The molecule has 0 aliphatic rings. The lowest BCUT2D eigenvalue weighted by Crippen LogP contribution is -2.30. The van der Waals surface area contributed by atoms with Gasteiger partial charge in [-0.05, 0) is 37.6 Å². The average Bonchev–Trinajstić information content (AvgIpc) is 3.14. The lowest BCUT2D eigenvalue weighted by molar-refractivity contribution is -0.118. The number of nitrogens with one attached hydrogen (secondary N) is 1. The fourth-order valence-electron chi connectivity index (χ4n) is 3.46. The van der Waals surface area contributed by atoms with Gasteiger partial charge < -0.3 is 9.88 Å². The summed E-state index contributed by atoms with van der Waals surface area (Å²) in [7, 11) is -3.55. The summed E-state index contributed by atoms with van der Waals surface area (Å²) in [6.45, 7) is 9.67. The summed E-state index contributed by atoms with van der Waals surface area (Å²) in [6.07, 6.45) is 0. The van der Waals surface area contributed by atoms with Gasteiger partial charge in [-0.2, -0.15) is 4.31 Å². The first-order chi connectivity index (χ1) is 15.3. The van der Waals surface area contributed by atoms with Gasteiger partial charge in [0.25, 0.3) is 0 Å². The maximum absolute atomic E-state index is 12.9. The molecule has 0 atom stereocenters. The number of imidazole rings is 1. The van der Waals surface area contributed by atoms with Crippen molar-refractivity contribution in [2.75, 3.05) is 18.8 Å². The number of carbonyl (C=O) groups excluding carboxylic acids is 1. The van der Waals surface area contributed by atoms with Crippen LogP contribution in [-0.2, 0) is 27.9 Å². The van der Waals surface area contributed by atoms with Crippen LogP contribution in [0.3, 0.4) is 0 Å². The molecule has 1 amide bonds. The molecule has 3 aromatic rings. The molecule has 0 bridgehead atoms. The van der Waals surface area contributed by atoms with Gasteiger partial charge in [-0.3, -0.25) is 4.79 Å². The number of benzene rings is 2. The maximum Gasteiger partial charge on any atom is 0.243 e. The van der Waals surface area contributed by atoms with Crippen molar-refractivity contribution in [3.05, 3.63) is 53.6 Å². The predicted molar refractivity (Wildman–Crippen MR) is 129 cm³/mol. The van der Waals surface area contributed by atoms with E-state index in [1.165, 1.54) is 21.6 Å². The van der Waals surface area contributed by atoms with Crippen LogP contribution in [0.2, 0.25) is 0 Å². The SMILES string of the molecule is CCN(CC)S(=O)(=O)c1ccc2c(c1)nc(SCC(=O)NCc1ccc(C)cc1)n2CC. The average molecular weight is 475 g/mol. The molecule has 3 rings (SSSR count). The zero-order valence-electron chi connectivity index (χ0n) is 19.0. The summed E-state index contributed by atoms with van der Waals surface area (Å²) in [6, 6.07) is 13.1. The zero-order valence-corrected chi connectivity index (χ0v) is 20.6. The van der Waals surface area contributed by atoms with E-state index >= 15 is 0 Å². The number of sulfonamides is 1. The van der Waals surface area contributed by atoms with Gasteiger partial charge in [0, 0.05) is 26.2 Å². The molecule has 0 aliphatic carbocycles. The van der Waals surface area contributed by atoms with E-state index in [9.17, 15) is 13.2 Å². The van der Waals surface area contributed by atoms with Crippen LogP contribution >= 0.6 is 11.8 Å². The molecule has 0 fully saturated rings. The Kier molecular flexibility index (Phi) is 7.97. The minimum absolute atomic E-state index is 0.0740. The van der Waals surface area contributed by atoms with E-state index in [0.717, 1.165) is 11.1 Å². The van der Waals surface area contributed by atoms with Crippen LogP contribution < -0.4 is 5.32 Å². The Bertz CT molecular complexity index is 1180. The summed E-state index contributed by atoms with van der Waals surface area (Å²) in [4.78, 5) is 17.2. The molecule has 0 aliphatic heterocycles. The summed E-state index contributed by atoms with van der Waals surface area (Å²) in [5, 5.41) is 3.63. The summed E-state index contributed by atoms with van der Waals surface area (Å²) >= 11 is 1.35. The molecular formula is C23H30N4O3S2. The van der Waals surface area contributed by atoms with Crippen LogP contribution in [0, 0.1) is 6.92 Å². The van der Waals surface area contributed by atoms with Crippen LogP contribution in [0.5, 0.6) is 0 Å². The van der Waals surface area contributed by atoms with Crippen LogP contribution in [0.1, 0.15) is 31.9 Å². The normalized spacial score (nSPS) is 11.9. The molecule has 7 nitrogen and oxygen atoms in total. The first-order valence-electron chi connectivity index (χ1n) is 10.8. The van der Waals surface area contributed by atoms with Crippen LogP contribution in [0.4, 0.5) is 0 Å². The van der Waals surface area contributed by atoms with Crippen molar-refractivity contribution >= 4 is 38.7 Å². The third-order valence-corrected chi connectivity index (χ3v) is 8.31. The number of carbonyl (C=O) groups is 1. The summed E-state index contributed by atoms with van der Waals surface area (Å²) in [5.41, 5.74) is 3.70. The number of nitrogens with zero attached hydrogens (tertiary/aromatic N) is 3. The highest BCUT2D eigenvalue weighted by Gasteiger charge is 2.23. The zero-order chi connectivity index (χ0) is 23.3.